The van der Waals surface area contributed by atoms with E-state index in [1.807, 2.05) is 12.1 Å². The van der Waals surface area contributed by atoms with Gasteiger partial charge >= 0.3 is 0 Å². The third-order valence-corrected chi connectivity index (χ3v) is 7.27. The molecule has 7 nitrogen and oxygen atoms in total. The summed E-state index contributed by atoms with van der Waals surface area (Å²) in [4.78, 5) is 16.3. The average molecular weight is 381 g/mol. The monoisotopic (exact) mass is 381 g/mol. The van der Waals surface area contributed by atoms with Gasteiger partial charge in [-0.2, -0.15) is 0 Å². The molecule has 3 rings (SSSR count). The highest BCUT2D eigenvalue weighted by molar-refractivity contribution is 7.89. The summed E-state index contributed by atoms with van der Waals surface area (Å²) >= 11 is 0. The molecule has 0 unspecified atom stereocenters. The molecule has 0 aromatic heterocycles. The van der Waals surface area contributed by atoms with Crippen LogP contribution in [0.2, 0.25) is 0 Å². The number of β-amino-alcohol motifs (C(OH)–C–C–N with tert-alkyl or cyclic N) is 1. The lowest BCUT2D eigenvalue weighted by atomic mass is 10.00. The number of benzene rings is 1. The third kappa shape index (κ3) is 4.25. The van der Waals surface area contributed by atoms with Crippen molar-refractivity contribution in [3.8, 4) is 0 Å². The Morgan fingerprint density at radius 2 is 1.92 bits per heavy atom. The number of carbonyl (C=O) groups excluding carboxylic acids is 1. The molecule has 0 spiro atoms. The summed E-state index contributed by atoms with van der Waals surface area (Å²) in [6, 6.07) is 8.26. The molecule has 1 aromatic carbocycles. The summed E-state index contributed by atoms with van der Waals surface area (Å²) < 4.78 is 25.3. The number of aliphatic hydroxyl groups excluding tert-OH is 1. The molecule has 1 N–H and O–H groups in total. The van der Waals surface area contributed by atoms with Gasteiger partial charge in [-0.05, 0) is 17.5 Å². The van der Waals surface area contributed by atoms with E-state index in [1.54, 1.807) is 4.90 Å². The van der Waals surface area contributed by atoms with Crippen LogP contribution in [0.3, 0.4) is 0 Å². The molecule has 1 saturated heterocycles. The van der Waals surface area contributed by atoms with Crippen LogP contribution in [0.15, 0.2) is 24.3 Å². The van der Waals surface area contributed by atoms with Crippen LogP contribution in [0.1, 0.15) is 11.1 Å². The van der Waals surface area contributed by atoms with Crippen LogP contribution in [0.5, 0.6) is 0 Å². The lowest BCUT2D eigenvalue weighted by molar-refractivity contribution is -0.132. The van der Waals surface area contributed by atoms with Crippen molar-refractivity contribution in [3.05, 3.63) is 35.4 Å². The third-order valence-electron chi connectivity index (χ3n) is 5.31. The van der Waals surface area contributed by atoms with Crippen LogP contribution < -0.4 is 0 Å². The van der Waals surface area contributed by atoms with Crippen molar-refractivity contribution >= 4 is 15.9 Å². The Morgan fingerprint density at radius 3 is 2.62 bits per heavy atom. The molecule has 0 radical (unpaired) electrons. The number of nitrogens with zero attached hydrogens (tertiary/aromatic N) is 3. The van der Waals surface area contributed by atoms with Gasteiger partial charge in [-0.1, -0.05) is 24.3 Å². The lowest BCUT2D eigenvalue weighted by Crippen LogP contribution is -2.41. The van der Waals surface area contributed by atoms with E-state index in [1.165, 1.54) is 25.2 Å². The number of hydrogen-bond acceptors (Lipinski definition) is 5. The molecular weight excluding hydrogens is 354 g/mol. The first-order valence-electron chi connectivity index (χ1n) is 8.91. The SMILES string of the molecule is CN(C)S(=O)(=O)C[C@@H]1CN(C(=O)CN2CCc3ccccc3C2)C[C@@H]1O. The first-order chi connectivity index (χ1) is 12.3. The summed E-state index contributed by atoms with van der Waals surface area (Å²) in [5.41, 5.74) is 2.59. The number of aliphatic hydroxyl groups is 1. The fourth-order valence-electron chi connectivity index (χ4n) is 3.62. The number of likely N-dealkylation sites (tertiary alicyclic amines) is 1. The van der Waals surface area contributed by atoms with E-state index in [9.17, 15) is 18.3 Å². The molecule has 2 aliphatic heterocycles. The Kier molecular flexibility index (Phi) is 5.67. The number of sulfonamides is 1. The van der Waals surface area contributed by atoms with Gasteiger partial charge in [0, 0.05) is 46.2 Å². The van der Waals surface area contributed by atoms with Gasteiger partial charge in [-0.15, -0.1) is 0 Å². The van der Waals surface area contributed by atoms with Gasteiger partial charge in [-0.3, -0.25) is 9.69 Å². The van der Waals surface area contributed by atoms with Gasteiger partial charge < -0.3 is 10.0 Å². The number of carbonyl (C=O) groups is 1. The molecule has 0 saturated carbocycles. The second kappa shape index (κ2) is 7.64. The van der Waals surface area contributed by atoms with E-state index in [2.05, 4.69) is 17.0 Å². The van der Waals surface area contributed by atoms with Crippen molar-refractivity contribution in [2.75, 3.05) is 46.0 Å². The largest absolute Gasteiger partial charge is 0.391 e. The predicted octanol–water partition coefficient (Wildman–Crippen LogP) is -0.245. The van der Waals surface area contributed by atoms with Gasteiger partial charge in [0.2, 0.25) is 15.9 Å². The maximum Gasteiger partial charge on any atom is 0.236 e. The molecule has 2 atom stereocenters. The van der Waals surface area contributed by atoms with E-state index in [0.717, 1.165) is 23.8 Å². The standard InChI is InChI=1S/C18H27N3O4S/c1-19(2)26(24,25)13-16-10-21(11-17(16)22)18(23)12-20-8-7-14-5-3-4-6-15(14)9-20/h3-6,16-17,22H,7-13H2,1-2H3/t16-,17-/m0/s1. The van der Waals surface area contributed by atoms with E-state index in [-0.39, 0.29) is 24.7 Å². The fraction of sp³-hybridized carbons (Fsp3) is 0.611. The molecule has 1 amide bonds. The molecule has 1 aromatic rings. The minimum absolute atomic E-state index is 0.0480. The first kappa shape index (κ1) is 19.3. The fourth-order valence-corrected chi connectivity index (χ4v) is 4.79. The van der Waals surface area contributed by atoms with E-state index in [4.69, 9.17) is 0 Å². The highest BCUT2D eigenvalue weighted by atomic mass is 32.2. The van der Waals surface area contributed by atoms with Crippen LogP contribution in [0.25, 0.3) is 0 Å². The van der Waals surface area contributed by atoms with Gasteiger partial charge in [-0.25, -0.2) is 12.7 Å². The molecule has 26 heavy (non-hydrogen) atoms. The number of fused-ring (bicyclic) bond motifs is 1. The van der Waals surface area contributed by atoms with Crippen molar-refractivity contribution in [2.45, 2.75) is 19.1 Å². The zero-order chi connectivity index (χ0) is 18.9. The molecule has 2 aliphatic rings. The Hall–Kier alpha value is -1.48. The molecule has 0 aliphatic carbocycles. The van der Waals surface area contributed by atoms with Crippen molar-refractivity contribution in [1.29, 1.82) is 0 Å². The second-order valence-corrected chi connectivity index (χ2v) is 9.64. The smallest absolute Gasteiger partial charge is 0.236 e. The van der Waals surface area contributed by atoms with E-state index >= 15 is 0 Å². The topological polar surface area (TPSA) is 81.2 Å². The molecule has 1 fully saturated rings. The van der Waals surface area contributed by atoms with Gasteiger partial charge in [0.25, 0.3) is 0 Å². The maximum atomic E-state index is 12.6. The van der Waals surface area contributed by atoms with Crippen LogP contribution in [-0.2, 0) is 27.8 Å². The Balaban J connectivity index is 1.56. The summed E-state index contributed by atoms with van der Waals surface area (Å²) in [7, 11) is -0.439. The van der Waals surface area contributed by atoms with Crippen molar-refractivity contribution < 1.29 is 18.3 Å². The number of hydrogen-bond donors (Lipinski definition) is 1. The normalized spacial score (nSPS) is 24.1. The maximum absolute atomic E-state index is 12.6. The van der Waals surface area contributed by atoms with Gasteiger partial charge in [0.15, 0.2) is 0 Å². The summed E-state index contributed by atoms with van der Waals surface area (Å²) in [6.45, 7) is 2.37. The Labute approximate surface area is 155 Å². The second-order valence-electron chi connectivity index (χ2n) is 7.42. The van der Waals surface area contributed by atoms with Crippen LogP contribution >= 0.6 is 0 Å². The molecule has 144 valence electrons. The highest BCUT2D eigenvalue weighted by Crippen LogP contribution is 2.22. The zero-order valence-electron chi connectivity index (χ0n) is 15.3. The average Bonchev–Trinajstić information content (AvgIpc) is 2.95. The lowest BCUT2D eigenvalue weighted by Gasteiger charge is -2.29. The molecule has 2 heterocycles. The predicted molar refractivity (Wildman–Crippen MR) is 99.0 cm³/mol. The van der Waals surface area contributed by atoms with Crippen molar-refractivity contribution in [1.82, 2.24) is 14.1 Å². The number of amides is 1. The van der Waals surface area contributed by atoms with Crippen LogP contribution in [0.4, 0.5) is 0 Å². The minimum Gasteiger partial charge on any atom is -0.391 e. The van der Waals surface area contributed by atoms with Crippen LogP contribution in [-0.4, -0.2) is 85.7 Å². The van der Waals surface area contributed by atoms with E-state index < -0.39 is 22.0 Å². The molecular formula is C18H27N3O4S. The highest BCUT2D eigenvalue weighted by Gasteiger charge is 2.37. The Morgan fingerprint density at radius 1 is 1.23 bits per heavy atom. The quantitative estimate of drug-likeness (QED) is 0.761. The zero-order valence-corrected chi connectivity index (χ0v) is 16.2. The number of rotatable bonds is 5. The molecule has 8 heteroatoms. The van der Waals surface area contributed by atoms with Crippen molar-refractivity contribution in [2.24, 2.45) is 5.92 Å². The summed E-state index contributed by atoms with van der Waals surface area (Å²) in [5.74, 6) is -0.621. The van der Waals surface area contributed by atoms with Gasteiger partial charge in [0.05, 0.1) is 18.4 Å². The van der Waals surface area contributed by atoms with Crippen molar-refractivity contribution in [3.63, 3.8) is 0 Å². The summed E-state index contributed by atoms with van der Waals surface area (Å²) in [6.07, 6.45) is 0.131. The summed E-state index contributed by atoms with van der Waals surface area (Å²) in [5, 5.41) is 10.2. The van der Waals surface area contributed by atoms with Gasteiger partial charge in [0.1, 0.15) is 0 Å². The minimum atomic E-state index is -3.40. The van der Waals surface area contributed by atoms with Crippen LogP contribution in [0, 0.1) is 5.92 Å². The molecule has 0 bridgehead atoms. The van der Waals surface area contributed by atoms with E-state index in [0.29, 0.717) is 6.54 Å². The first-order valence-corrected chi connectivity index (χ1v) is 10.5. The Bertz CT molecular complexity index is 765.